The fraction of sp³-hybridized carbons (Fsp3) is 0.421. The lowest BCUT2D eigenvalue weighted by atomic mass is 9.96. The van der Waals surface area contributed by atoms with Crippen LogP contribution in [0.15, 0.2) is 36.8 Å². The van der Waals surface area contributed by atoms with E-state index in [1.54, 1.807) is 6.33 Å². The molecule has 2 aromatic rings. The van der Waals surface area contributed by atoms with Gasteiger partial charge < -0.3 is 4.90 Å². The third kappa shape index (κ3) is 2.80. The number of fused-ring (bicyclic) bond motifs is 2. The monoisotopic (exact) mass is 322 g/mol. The molecular weight excluding hydrogens is 300 g/mol. The summed E-state index contributed by atoms with van der Waals surface area (Å²) in [6.07, 6.45) is 6.47. The van der Waals surface area contributed by atoms with Crippen LogP contribution in [0, 0.1) is 0 Å². The number of hydrogen-bond acceptors (Lipinski definition) is 4. The Morgan fingerprint density at radius 2 is 2.12 bits per heavy atom. The van der Waals surface area contributed by atoms with E-state index in [1.165, 1.54) is 11.1 Å². The first-order chi connectivity index (χ1) is 11.7. The topological polar surface area (TPSA) is 49.3 Å². The van der Waals surface area contributed by atoms with Crippen LogP contribution in [0.25, 0.3) is 0 Å². The molecule has 2 aliphatic heterocycles. The molecular formula is C19H22N4O. The van der Waals surface area contributed by atoms with Crippen LogP contribution >= 0.6 is 0 Å². The molecule has 24 heavy (non-hydrogen) atoms. The van der Waals surface area contributed by atoms with Gasteiger partial charge in [-0.2, -0.15) is 0 Å². The van der Waals surface area contributed by atoms with Gasteiger partial charge in [0.25, 0.3) is 0 Å². The molecule has 0 N–H and O–H groups in total. The minimum absolute atomic E-state index is 0.187. The molecule has 0 bridgehead atoms. The maximum atomic E-state index is 13.0. The Morgan fingerprint density at radius 1 is 1.25 bits per heavy atom. The maximum absolute atomic E-state index is 13.0. The second kappa shape index (κ2) is 6.32. The van der Waals surface area contributed by atoms with Crippen molar-refractivity contribution in [1.82, 2.24) is 14.9 Å². The van der Waals surface area contributed by atoms with Crippen LogP contribution in [0.5, 0.6) is 0 Å². The van der Waals surface area contributed by atoms with E-state index in [2.05, 4.69) is 40.0 Å². The second-order valence-electron chi connectivity index (χ2n) is 6.74. The number of rotatable bonds is 2. The average molecular weight is 322 g/mol. The summed E-state index contributed by atoms with van der Waals surface area (Å²) in [5.41, 5.74) is 4.62. The molecule has 2 aliphatic rings. The number of nitrogens with zero attached hydrogens (tertiary/aromatic N) is 4. The first-order valence-electron chi connectivity index (χ1n) is 8.62. The third-order valence-electron chi connectivity index (χ3n) is 5.10. The molecule has 124 valence electrons. The highest BCUT2D eigenvalue weighted by Gasteiger charge is 2.29. The molecule has 1 aromatic heterocycles. The summed E-state index contributed by atoms with van der Waals surface area (Å²) in [5, 5.41) is 0. The fourth-order valence-electron chi connectivity index (χ4n) is 3.78. The Labute approximate surface area is 142 Å². The zero-order valence-electron chi connectivity index (χ0n) is 14.0. The first kappa shape index (κ1) is 15.3. The number of aryl methyl sites for hydroxylation is 1. The normalized spacial score (nSPS) is 20.4. The van der Waals surface area contributed by atoms with Crippen molar-refractivity contribution in [3.8, 4) is 0 Å². The SMILES string of the molecule is C[C@H]1CCc2ccccc2N1C(=O)CN1CCc2cncnc2C1. The summed E-state index contributed by atoms with van der Waals surface area (Å²) < 4.78 is 0. The number of anilines is 1. The Balaban J connectivity index is 1.51. The van der Waals surface area contributed by atoms with E-state index in [9.17, 15) is 4.79 Å². The molecule has 0 saturated carbocycles. The van der Waals surface area contributed by atoms with Crippen molar-refractivity contribution < 1.29 is 4.79 Å². The van der Waals surface area contributed by atoms with Gasteiger partial charge in [-0.25, -0.2) is 9.97 Å². The van der Waals surface area contributed by atoms with Crippen LogP contribution in [0.3, 0.4) is 0 Å². The van der Waals surface area contributed by atoms with Gasteiger partial charge in [0.15, 0.2) is 0 Å². The van der Waals surface area contributed by atoms with Crippen molar-refractivity contribution in [1.29, 1.82) is 0 Å². The molecule has 0 spiro atoms. The van der Waals surface area contributed by atoms with Crippen molar-refractivity contribution in [2.24, 2.45) is 0 Å². The number of para-hydroxylation sites is 1. The Kier molecular flexibility index (Phi) is 4.02. The van der Waals surface area contributed by atoms with Gasteiger partial charge in [-0.05, 0) is 43.4 Å². The Bertz CT molecular complexity index is 761. The molecule has 5 nitrogen and oxygen atoms in total. The maximum Gasteiger partial charge on any atom is 0.241 e. The van der Waals surface area contributed by atoms with E-state index >= 15 is 0 Å². The van der Waals surface area contributed by atoms with Crippen molar-refractivity contribution >= 4 is 11.6 Å². The largest absolute Gasteiger partial charge is 0.308 e. The molecule has 3 heterocycles. The van der Waals surface area contributed by atoms with E-state index in [1.807, 2.05) is 17.2 Å². The van der Waals surface area contributed by atoms with Crippen molar-refractivity contribution in [3.63, 3.8) is 0 Å². The second-order valence-corrected chi connectivity index (χ2v) is 6.74. The zero-order chi connectivity index (χ0) is 16.5. The van der Waals surface area contributed by atoms with Crippen LogP contribution in [0.2, 0.25) is 0 Å². The van der Waals surface area contributed by atoms with Crippen molar-refractivity contribution in [2.75, 3.05) is 18.0 Å². The number of amides is 1. The van der Waals surface area contributed by atoms with Crippen LogP contribution in [-0.2, 0) is 24.2 Å². The quantitative estimate of drug-likeness (QED) is 0.850. The van der Waals surface area contributed by atoms with Gasteiger partial charge >= 0.3 is 0 Å². The van der Waals surface area contributed by atoms with Gasteiger partial charge in [0.2, 0.25) is 5.91 Å². The summed E-state index contributed by atoms with van der Waals surface area (Å²) >= 11 is 0. The van der Waals surface area contributed by atoms with E-state index < -0.39 is 0 Å². The van der Waals surface area contributed by atoms with Gasteiger partial charge in [-0.3, -0.25) is 9.69 Å². The molecule has 0 unspecified atom stereocenters. The average Bonchev–Trinajstić information content (AvgIpc) is 2.61. The van der Waals surface area contributed by atoms with Crippen LogP contribution in [0.4, 0.5) is 5.69 Å². The highest BCUT2D eigenvalue weighted by molar-refractivity contribution is 5.96. The standard InChI is InChI=1S/C19H22N4O/c1-14-6-7-15-4-2-3-5-18(15)23(14)19(24)12-22-9-8-16-10-20-13-21-17(16)11-22/h2-5,10,13-14H,6-9,11-12H2,1H3/t14-/m0/s1. The van der Waals surface area contributed by atoms with Gasteiger partial charge in [0, 0.05) is 31.0 Å². The lowest BCUT2D eigenvalue weighted by molar-refractivity contribution is -0.120. The van der Waals surface area contributed by atoms with Crippen LogP contribution in [0.1, 0.15) is 30.2 Å². The summed E-state index contributed by atoms with van der Waals surface area (Å²) in [7, 11) is 0. The van der Waals surface area contributed by atoms with E-state index in [0.29, 0.717) is 6.54 Å². The number of aromatic nitrogens is 2. The van der Waals surface area contributed by atoms with Crippen LogP contribution in [-0.4, -0.2) is 39.9 Å². The predicted molar refractivity (Wildman–Crippen MR) is 92.7 cm³/mol. The third-order valence-corrected chi connectivity index (χ3v) is 5.10. The van der Waals surface area contributed by atoms with E-state index in [4.69, 9.17) is 0 Å². The molecule has 0 radical (unpaired) electrons. The van der Waals surface area contributed by atoms with E-state index in [-0.39, 0.29) is 11.9 Å². The van der Waals surface area contributed by atoms with Crippen LogP contribution < -0.4 is 4.90 Å². The summed E-state index contributed by atoms with van der Waals surface area (Å²) in [4.78, 5) is 25.6. The molecule has 0 fully saturated rings. The fourth-order valence-corrected chi connectivity index (χ4v) is 3.78. The lowest BCUT2D eigenvalue weighted by Gasteiger charge is -2.37. The predicted octanol–water partition coefficient (Wildman–Crippen LogP) is 2.20. The zero-order valence-corrected chi connectivity index (χ0v) is 14.0. The van der Waals surface area contributed by atoms with Gasteiger partial charge in [0.1, 0.15) is 6.33 Å². The highest BCUT2D eigenvalue weighted by atomic mass is 16.2. The summed E-state index contributed by atoms with van der Waals surface area (Å²) in [5.74, 6) is 0.187. The minimum atomic E-state index is 0.187. The van der Waals surface area contributed by atoms with E-state index in [0.717, 1.165) is 43.7 Å². The minimum Gasteiger partial charge on any atom is -0.308 e. The summed E-state index contributed by atoms with van der Waals surface area (Å²) in [6.45, 7) is 4.21. The van der Waals surface area contributed by atoms with Gasteiger partial charge in [-0.1, -0.05) is 18.2 Å². The molecule has 0 saturated heterocycles. The molecule has 4 rings (SSSR count). The first-order valence-corrected chi connectivity index (χ1v) is 8.62. The summed E-state index contributed by atoms with van der Waals surface area (Å²) in [6, 6.07) is 8.54. The van der Waals surface area contributed by atoms with Crippen molar-refractivity contribution in [2.45, 2.75) is 38.8 Å². The van der Waals surface area contributed by atoms with Gasteiger partial charge in [-0.15, -0.1) is 0 Å². The number of carbonyl (C=O) groups excluding carboxylic acids is 1. The Hall–Kier alpha value is -2.27. The smallest absolute Gasteiger partial charge is 0.241 e. The van der Waals surface area contributed by atoms with Crippen molar-refractivity contribution in [3.05, 3.63) is 53.6 Å². The highest BCUT2D eigenvalue weighted by Crippen LogP contribution is 2.30. The molecule has 0 aliphatic carbocycles. The van der Waals surface area contributed by atoms with Gasteiger partial charge in [0.05, 0.1) is 12.2 Å². The number of benzene rings is 1. The molecule has 1 amide bonds. The Morgan fingerprint density at radius 3 is 3.04 bits per heavy atom. The lowest BCUT2D eigenvalue weighted by Crippen LogP contribution is -2.48. The molecule has 1 aromatic carbocycles. The number of carbonyl (C=O) groups is 1. The molecule has 5 heteroatoms. The molecule has 1 atom stereocenters. The number of hydrogen-bond donors (Lipinski definition) is 0.